The first-order chi connectivity index (χ1) is 15.4. The van der Waals surface area contributed by atoms with Crippen molar-refractivity contribution in [3.05, 3.63) is 95.9 Å². The molecule has 1 amide bonds. The number of hydrogen-bond acceptors (Lipinski definition) is 5. The molecule has 0 aliphatic rings. The van der Waals surface area contributed by atoms with Gasteiger partial charge in [-0.1, -0.05) is 68.4 Å². The number of hydrogen-bond donors (Lipinski definition) is 1. The molecule has 0 aliphatic carbocycles. The zero-order chi connectivity index (χ0) is 22.6. The highest BCUT2D eigenvalue weighted by Gasteiger charge is 2.14. The number of rotatable bonds is 6. The third-order valence-corrected chi connectivity index (χ3v) is 4.99. The fourth-order valence-corrected chi connectivity index (χ4v) is 3.13. The van der Waals surface area contributed by atoms with Crippen molar-refractivity contribution in [2.75, 3.05) is 0 Å². The van der Waals surface area contributed by atoms with E-state index < -0.39 is 0 Å². The summed E-state index contributed by atoms with van der Waals surface area (Å²) >= 11 is 0. The zero-order valence-electron chi connectivity index (χ0n) is 18.3. The van der Waals surface area contributed by atoms with E-state index in [2.05, 4.69) is 48.4 Å². The van der Waals surface area contributed by atoms with E-state index in [1.54, 1.807) is 12.1 Å². The molecule has 1 N–H and O–H groups in total. The standard InChI is InChI=1S/C26H25N3O3/c1-26(2,3)20-12-9-18(10-13-20)23-15-22(32-29-23)17-28-25(30)19-11-14-24(27-16-19)31-21-7-5-4-6-8-21/h4-16H,17H2,1-3H3,(H,28,30). The van der Waals surface area contributed by atoms with Crippen LogP contribution in [0.2, 0.25) is 0 Å². The van der Waals surface area contributed by atoms with E-state index in [1.165, 1.54) is 11.8 Å². The Kier molecular flexibility index (Phi) is 6.03. The van der Waals surface area contributed by atoms with Crippen LogP contribution in [0, 0.1) is 0 Å². The summed E-state index contributed by atoms with van der Waals surface area (Å²) in [5, 5.41) is 6.95. The largest absolute Gasteiger partial charge is 0.439 e. The van der Waals surface area contributed by atoms with E-state index in [4.69, 9.17) is 9.26 Å². The van der Waals surface area contributed by atoms with Gasteiger partial charge in [0, 0.05) is 23.9 Å². The summed E-state index contributed by atoms with van der Waals surface area (Å²) in [4.78, 5) is 16.6. The molecular formula is C26H25N3O3. The Morgan fingerprint density at radius 3 is 2.41 bits per heavy atom. The van der Waals surface area contributed by atoms with E-state index in [1.807, 2.05) is 48.5 Å². The van der Waals surface area contributed by atoms with E-state index in [-0.39, 0.29) is 17.9 Å². The van der Waals surface area contributed by atoms with Gasteiger partial charge in [-0.2, -0.15) is 0 Å². The summed E-state index contributed by atoms with van der Waals surface area (Å²) in [7, 11) is 0. The van der Waals surface area contributed by atoms with Gasteiger partial charge < -0.3 is 14.6 Å². The fourth-order valence-electron chi connectivity index (χ4n) is 3.13. The SMILES string of the molecule is CC(C)(C)c1ccc(-c2cc(CNC(=O)c3ccc(Oc4ccccc4)nc3)on2)cc1. The minimum atomic E-state index is -0.253. The van der Waals surface area contributed by atoms with Crippen LogP contribution in [0.1, 0.15) is 42.5 Å². The minimum Gasteiger partial charge on any atom is -0.439 e. The van der Waals surface area contributed by atoms with Crippen molar-refractivity contribution in [3.63, 3.8) is 0 Å². The average molecular weight is 428 g/mol. The summed E-state index contributed by atoms with van der Waals surface area (Å²) in [5.41, 5.74) is 3.49. The van der Waals surface area contributed by atoms with Gasteiger partial charge in [-0.15, -0.1) is 0 Å². The monoisotopic (exact) mass is 427 g/mol. The molecule has 0 radical (unpaired) electrons. The van der Waals surface area contributed by atoms with Crippen molar-refractivity contribution < 1.29 is 14.1 Å². The normalized spacial score (nSPS) is 11.2. The van der Waals surface area contributed by atoms with Crippen molar-refractivity contribution in [1.29, 1.82) is 0 Å². The van der Waals surface area contributed by atoms with Crippen LogP contribution < -0.4 is 10.1 Å². The Bertz CT molecular complexity index is 1180. The second kappa shape index (κ2) is 9.06. The fraction of sp³-hybridized carbons (Fsp3) is 0.192. The molecule has 32 heavy (non-hydrogen) atoms. The highest BCUT2D eigenvalue weighted by atomic mass is 16.5. The average Bonchev–Trinajstić information content (AvgIpc) is 3.27. The lowest BCUT2D eigenvalue weighted by Crippen LogP contribution is -2.22. The molecule has 2 aromatic carbocycles. The van der Waals surface area contributed by atoms with Gasteiger partial charge in [0.2, 0.25) is 5.88 Å². The third kappa shape index (κ3) is 5.21. The number of carbonyl (C=O) groups is 1. The van der Waals surface area contributed by atoms with Gasteiger partial charge in [0.15, 0.2) is 5.76 Å². The number of ether oxygens (including phenoxy) is 1. The lowest BCUT2D eigenvalue weighted by atomic mass is 9.86. The van der Waals surface area contributed by atoms with Gasteiger partial charge in [-0.3, -0.25) is 4.79 Å². The van der Waals surface area contributed by atoms with Crippen LogP contribution in [-0.4, -0.2) is 16.0 Å². The molecule has 6 heteroatoms. The second-order valence-electron chi connectivity index (χ2n) is 8.49. The molecule has 0 atom stereocenters. The molecule has 0 aliphatic heterocycles. The van der Waals surface area contributed by atoms with Crippen LogP contribution in [0.5, 0.6) is 11.6 Å². The van der Waals surface area contributed by atoms with Crippen LogP contribution in [0.25, 0.3) is 11.3 Å². The van der Waals surface area contributed by atoms with Crippen molar-refractivity contribution >= 4 is 5.91 Å². The van der Waals surface area contributed by atoms with Crippen LogP contribution in [0.15, 0.2) is 83.5 Å². The Morgan fingerprint density at radius 2 is 1.75 bits per heavy atom. The molecule has 4 rings (SSSR count). The van der Waals surface area contributed by atoms with Gasteiger partial charge in [0.1, 0.15) is 11.4 Å². The lowest BCUT2D eigenvalue weighted by molar-refractivity contribution is 0.0946. The maximum atomic E-state index is 12.4. The number of para-hydroxylation sites is 1. The molecule has 2 heterocycles. The molecule has 0 bridgehead atoms. The minimum absolute atomic E-state index is 0.0958. The lowest BCUT2D eigenvalue weighted by Gasteiger charge is -2.18. The van der Waals surface area contributed by atoms with Crippen molar-refractivity contribution in [2.24, 2.45) is 0 Å². The summed E-state index contributed by atoms with van der Waals surface area (Å²) in [6.07, 6.45) is 1.48. The van der Waals surface area contributed by atoms with Crippen molar-refractivity contribution in [3.8, 4) is 22.9 Å². The molecule has 0 saturated carbocycles. The topological polar surface area (TPSA) is 77.2 Å². The zero-order valence-corrected chi connectivity index (χ0v) is 18.3. The van der Waals surface area contributed by atoms with Gasteiger partial charge in [-0.25, -0.2) is 4.98 Å². The summed E-state index contributed by atoms with van der Waals surface area (Å²) in [6, 6.07) is 22.8. The van der Waals surface area contributed by atoms with Gasteiger partial charge in [0.05, 0.1) is 12.1 Å². The molecule has 6 nitrogen and oxygen atoms in total. The van der Waals surface area contributed by atoms with E-state index >= 15 is 0 Å². The van der Waals surface area contributed by atoms with E-state index in [9.17, 15) is 4.79 Å². The molecule has 162 valence electrons. The number of carbonyl (C=O) groups excluding carboxylic acids is 1. The molecule has 0 fully saturated rings. The molecule has 4 aromatic rings. The number of amides is 1. The Balaban J connectivity index is 1.34. The molecule has 0 spiro atoms. The van der Waals surface area contributed by atoms with Gasteiger partial charge in [-0.05, 0) is 29.2 Å². The molecular weight excluding hydrogens is 402 g/mol. The predicted octanol–water partition coefficient (Wildman–Crippen LogP) is 5.76. The Morgan fingerprint density at radius 1 is 1.00 bits per heavy atom. The first kappa shape index (κ1) is 21.3. The van der Waals surface area contributed by atoms with Gasteiger partial charge in [0.25, 0.3) is 5.91 Å². The Hall–Kier alpha value is -3.93. The first-order valence-corrected chi connectivity index (χ1v) is 10.4. The van der Waals surface area contributed by atoms with Crippen LogP contribution in [0.3, 0.4) is 0 Å². The summed E-state index contributed by atoms with van der Waals surface area (Å²) in [6.45, 7) is 6.77. The van der Waals surface area contributed by atoms with Crippen LogP contribution >= 0.6 is 0 Å². The highest BCUT2D eigenvalue weighted by Crippen LogP contribution is 2.26. The van der Waals surface area contributed by atoms with Crippen LogP contribution in [0.4, 0.5) is 0 Å². The second-order valence-corrected chi connectivity index (χ2v) is 8.49. The van der Waals surface area contributed by atoms with Crippen molar-refractivity contribution in [1.82, 2.24) is 15.5 Å². The summed E-state index contributed by atoms with van der Waals surface area (Å²) < 4.78 is 11.0. The smallest absolute Gasteiger partial charge is 0.253 e. The Labute approximate surface area is 187 Å². The maximum Gasteiger partial charge on any atom is 0.253 e. The van der Waals surface area contributed by atoms with Crippen LogP contribution in [-0.2, 0) is 12.0 Å². The van der Waals surface area contributed by atoms with Crippen molar-refractivity contribution in [2.45, 2.75) is 32.7 Å². The number of nitrogens with one attached hydrogen (secondary N) is 1. The molecule has 2 aromatic heterocycles. The predicted molar refractivity (Wildman–Crippen MR) is 123 cm³/mol. The third-order valence-electron chi connectivity index (χ3n) is 4.99. The van der Waals surface area contributed by atoms with E-state index in [0.717, 1.165) is 11.3 Å². The first-order valence-electron chi connectivity index (χ1n) is 10.4. The molecule has 0 saturated heterocycles. The van der Waals surface area contributed by atoms with Gasteiger partial charge >= 0.3 is 0 Å². The molecule has 0 unspecified atom stereocenters. The quantitative estimate of drug-likeness (QED) is 0.423. The summed E-state index contributed by atoms with van der Waals surface area (Å²) in [5.74, 6) is 1.43. The number of benzene rings is 2. The highest BCUT2D eigenvalue weighted by molar-refractivity contribution is 5.93. The number of pyridine rings is 1. The maximum absolute atomic E-state index is 12.4. The number of aromatic nitrogens is 2. The number of nitrogens with zero attached hydrogens (tertiary/aromatic N) is 2. The van der Waals surface area contributed by atoms with E-state index in [0.29, 0.717) is 23.0 Å².